The van der Waals surface area contributed by atoms with Gasteiger partial charge in [0.2, 0.25) is 5.91 Å². The van der Waals surface area contributed by atoms with E-state index in [1.54, 1.807) is 0 Å². The van der Waals surface area contributed by atoms with E-state index >= 15 is 0 Å². The van der Waals surface area contributed by atoms with Gasteiger partial charge in [-0.05, 0) is 18.3 Å². The molecule has 0 spiro atoms. The van der Waals surface area contributed by atoms with Gasteiger partial charge in [0.05, 0.1) is 5.92 Å². The molecule has 5 nitrogen and oxygen atoms in total. The van der Waals surface area contributed by atoms with Crippen LogP contribution in [0.1, 0.15) is 40.5 Å². The highest BCUT2D eigenvalue weighted by Crippen LogP contribution is 2.11. The topological polar surface area (TPSA) is 92.4 Å². The van der Waals surface area contributed by atoms with Gasteiger partial charge in [-0.1, -0.05) is 27.7 Å². The fraction of sp³-hybridized carbons (Fsp3) is 0.846. The molecule has 18 heavy (non-hydrogen) atoms. The van der Waals surface area contributed by atoms with E-state index in [2.05, 4.69) is 5.32 Å². The van der Waals surface area contributed by atoms with Crippen LogP contribution in [0.4, 0.5) is 0 Å². The lowest BCUT2D eigenvalue weighted by molar-refractivity contribution is -0.142. The molecule has 0 fully saturated rings. The van der Waals surface area contributed by atoms with E-state index in [4.69, 9.17) is 10.8 Å². The van der Waals surface area contributed by atoms with Crippen LogP contribution in [0.2, 0.25) is 0 Å². The van der Waals surface area contributed by atoms with Gasteiger partial charge >= 0.3 is 5.97 Å². The van der Waals surface area contributed by atoms with E-state index in [1.807, 2.05) is 27.7 Å². The van der Waals surface area contributed by atoms with E-state index in [0.717, 1.165) is 0 Å². The van der Waals surface area contributed by atoms with Crippen molar-refractivity contribution in [3.05, 3.63) is 0 Å². The van der Waals surface area contributed by atoms with Gasteiger partial charge in [-0.2, -0.15) is 0 Å². The zero-order valence-electron chi connectivity index (χ0n) is 11.8. The van der Waals surface area contributed by atoms with Crippen LogP contribution in [-0.4, -0.2) is 29.6 Å². The Morgan fingerprint density at radius 2 is 1.78 bits per heavy atom. The summed E-state index contributed by atoms with van der Waals surface area (Å²) in [6.45, 7) is 8.02. The van der Waals surface area contributed by atoms with Crippen molar-refractivity contribution in [2.24, 2.45) is 23.5 Å². The lowest BCUT2D eigenvalue weighted by Gasteiger charge is -2.18. The van der Waals surface area contributed by atoms with Crippen LogP contribution in [0.5, 0.6) is 0 Å². The number of carbonyl (C=O) groups excluding carboxylic acids is 1. The molecular weight excluding hydrogens is 232 g/mol. The second-order valence-electron chi connectivity index (χ2n) is 5.58. The first-order valence-corrected chi connectivity index (χ1v) is 6.49. The molecule has 0 radical (unpaired) electrons. The number of amides is 1. The molecule has 2 unspecified atom stereocenters. The third-order valence-electron chi connectivity index (χ3n) is 2.93. The standard InChI is InChI=1S/C13H26N2O3/c1-8(2)5-10(13(17)18)7-15-12(16)6-11(14)9(3)4/h8-11H,5-7,14H2,1-4H3,(H,15,16)(H,17,18). The number of hydrogen-bond acceptors (Lipinski definition) is 3. The van der Waals surface area contributed by atoms with Crippen molar-refractivity contribution < 1.29 is 14.7 Å². The van der Waals surface area contributed by atoms with Crippen molar-refractivity contribution in [3.63, 3.8) is 0 Å². The van der Waals surface area contributed by atoms with Crippen LogP contribution in [0.15, 0.2) is 0 Å². The molecule has 0 aromatic rings. The second kappa shape index (κ2) is 8.08. The molecule has 106 valence electrons. The Morgan fingerprint density at radius 3 is 2.17 bits per heavy atom. The molecule has 0 saturated heterocycles. The predicted octanol–water partition coefficient (Wildman–Crippen LogP) is 1.22. The largest absolute Gasteiger partial charge is 0.481 e. The highest BCUT2D eigenvalue weighted by molar-refractivity contribution is 5.77. The van der Waals surface area contributed by atoms with Gasteiger partial charge in [0.15, 0.2) is 0 Å². The Morgan fingerprint density at radius 1 is 1.22 bits per heavy atom. The van der Waals surface area contributed by atoms with E-state index in [0.29, 0.717) is 12.3 Å². The smallest absolute Gasteiger partial charge is 0.308 e. The maximum Gasteiger partial charge on any atom is 0.308 e. The third-order valence-corrected chi connectivity index (χ3v) is 2.93. The number of aliphatic carboxylic acids is 1. The first-order chi connectivity index (χ1) is 8.23. The van der Waals surface area contributed by atoms with Gasteiger partial charge < -0.3 is 16.2 Å². The number of nitrogens with one attached hydrogen (secondary N) is 1. The Bertz CT molecular complexity index is 277. The van der Waals surface area contributed by atoms with Crippen molar-refractivity contribution in [2.75, 3.05) is 6.54 Å². The Labute approximate surface area is 109 Å². The zero-order chi connectivity index (χ0) is 14.3. The molecule has 0 aromatic carbocycles. The van der Waals surface area contributed by atoms with Crippen LogP contribution < -0.4 is 11.1 Å². The Kier molecular flexibility index (Phi) is 7.59. The molecule has 0 aliphatic carbocycles. The molecule has 0 saturated carbocycles. The van der Waals surface area contributed by atoms with Gasteiger partial charge in [0.25, 0.3) is 0 Å². The van der Waals surface area contributed by atoms with Gasteiger partial charge in [-0.25, -0.2) is 0 Å². The number of carboxylic acids is 1. The Balaban J connectivity index is 4.11. The quantitative estimate of drug-likeness (QED) is 0.610. The van der Waals surface area contributed by atoms with Crippen molar-refractivity contribution in [1.82, 2.24) is 5.32 Å². The van der Waals surface area contributed by atoms with Gasteiger partial charge in [0.1, 0.15) is 0 Å². The second-order valence-corrected chi connectivity index (χ2v) is 5.58. The van der Waals surface area contributed by atoms with Crippen LogP contribution in [0, 0.1) is 17.8 Å². The molecule has 2 atom stereocenters. The highest BCUT2D eigenvalue weighted by atomic mass is 16.4. The number of nitrogens with two attached hydrogens (primary N) is 1. The molecule has 5 heteroatoms. The van der Waals surface area contributed by atoms with Crippen LogP contribution in [0.3, 0.4) is 0 Å². The predicted molar refractivity (Wildman–Crippen MR) is 71.0 cm³/mol. The summed E-state index contributed by atoms with van der Waals surface area (Å²) in [6, 6.07) is -0.182. The van der Waals surface area contributed by atoms with E-state index < -0.39 is 11.9 Å². The molecule has 1 amide bonds. The average molecular weight is 258 g/mol. The Hall–Kier alpha value is -1.10. The average Bonchev–Trinajstić information content (AvgIpc) is 2.22. The monoisotopic (exact) mass is 258 g/mol. The number of carbonyl (C=O) groups is 2. The maximum atomic E-state index is 11.6. The minimum absolute atomic E-state index is 0.175. The summed E-state index contributed by atoms with van der Waals surface area (Å²) in [5.41, 5.74) is 5.79. The molecule has 0 bridgehead atoms. The molecule has 0 aliphatic rings. The van der Waals surface area contributed by atoms with Crippen molar-refractivity contribution in [3.8, 4) is 0 Å². The maximum absolute atomic E-state index is 11.6. The lowest BCUT2D eigenvalue weighted by atomic mass is 9.97. The van der Waals surface area contributed by atoms with E-state index in [-0.39, 0.29) is 30.8 Å². The molecule has 0 aliphatic heterocycles. The fourth-order valence-electron chi connectivity index (χ4n) is 1.60. The molecule has 0 heterocycles. The molecular formula is C13H26N2O3. The first-order valence-electron chi connectivity index (χ1n) is 6.49. The molecule has 0 aromatic heterocycles. The van der Waals surface area contributed by atoms with Gasteiger partial charge in [0, 0.05) is 19.0 Å². The van der Waals surface area contributed by atoms with Crippen LogP contribution in [-0.2, 0) is 9.59 Å². The third kappa shape index (κ3) is 7.27. The van der Waals surface area contributed by atoms with E-state index in [9.17, 15) is 9.59 Å². The van der Waals surface area contributed by atoms with Crippen molar-refractivity contribution in [1.29, 1.82) is 0 Å². The summed E-state index contributed by atoms with van der Waals surface area (Å²) >= 11 is 0. The normalized spacial score (nSPS) is 14.6. The summed E-state index contributed by atoms with van der Waals surface area (Å²) < 4.78 is 0. The number of rotatable bonds is 8. The summed E-state index contributed by atoms with van der Waals surface area (Å²) in [4.78, 5) is 22.6. The number of hydrogen-bond donors (Lipinski definition) is 3. The van der Waals surface area contributed by atoms with Gasteiger partial charge in [-0.15, -0.1) is 0 Å². The number of carboxylic acid groups (broad SMARTS) is 1. The summed E-state index contributed by atoms with van der Waals surface area (Å²) in [6.07, 6.45) is 0.803. The summed E-state index contributed by atoms with van der Waals surface area (Å²) in [5.74, 6) is -1.03. The molecule has 0 rings (SSSR count). The minimum Gasteiger partial charge on any atom is -0.481 e. The summed E-state index contributed by atoms with van der Waals surface area (Å²) in [5, 5.41) is 11.7. The molecule has 4 N–H and O–H groups in total. The van der Waals surface area contributed by atoms with Crippen LogP contribution >= 0.6 is 0 Å². The SMILES string of the molecule is CC(C)CC(CNC(=O)CC(N)C(C)C)C(=O)O. The zero-order valence-corrected chi connectivity index (χ0v) is 11.8. The van der Waals surface area contributed by atoms with Crippen molar-refractivity contribution in [2.45, 2.75) is 46.6 Å². The highest BCUT2D eigenvalue weighted by Gasteiger charge is 2.20. The van der Waals surface area contributed by atoms with Crippen molar-refractivity contribution >= 4 is 11.9 Å². The van der Waals surface area contributed by atoms with E-state index in [1.165, 1.54) is 0 Å². The van der Waals surface area contributed by atoms with Crippen LogP contribution in [0.25, 0.3) is 0 Å². The lowest BCUT2D eigenvalue weighted by Crippen LogP contribution is -2.38. The minimum atomic E-state index is -0.864. The first kappa shape index (κ1) is 16.9. The van der Waals surface area contributed by atoms with Gasteiger partial charge in [-0.3, -0.25) is 9.59 Å². The summed E-state index contributed by atoms with van der Waals surface area (Å²) in [7, 11) is 0. The fourth-order valence-corrected chi connectivity index (χ4v) is 1.60.